The van der Waals surface area contributed by atoms with Gasteiger partial charge in [-0.1, -0.05) is 176 Å². The highest BCUT2D eigenvalue weighted by atomic mass is 16.3. The summed E-state index contributed by atoms with van der Waals surface area (Å²) in [5, 5.41) is 1.11. The highest BCUT2D eigenvalue weighted by molar-refractivity contribution is 5.95. The van der Waals surface area contributed by atoms with Gasteiger partial charge < -0.3 is 4.42 Å². The Labute approximate surface area is 325 Å². The third-order valence-electron chi connectivity index (χ3n) is 11.5. The molecule has 0 atom stereocenters. The highest BCUT2D eigenvalue weighted by Crippen LogP contribution is 2.58. The second kappa shape index (κ2) is 13.0. The molecule has 0 aliphatic heterocycles. The van der Waals surface area contributed by atoms with Crippen molar-refractivity contribution >= 4 is 17.0 Å². The first kappa shape index (κ1) is 32.3. The number of hydrogen-bond acceptors (Lipinski definition) is 4. The Hall–Kier alpha value is -7.17. The van der Waals surface area contributed by atoms with Gasteiger partial charge in [-0.3, -0.25) is 0 Å². The molecule has 0 saturated carbocycles. The van der Waals surface area contributed by atoms with Gasteiger partial charge in [0.1, 0.15) is 11.3 Å². The Balaban J connectivity index is 1.15. The van der Waals surface area contributed by atoms with Crippen molar-refractivity contribution in [1.29, 1.82) is 0 Å². The van der Waals surface area contributed by atoms with Crippen molar-refractivity contribution in [2.45, 2.75) is 18.3 Å². The molecule has 11 rings (SSSR count). The van der Waals surface area contributed by atoms with Crippen LogP contribution in [0.3, 0.4) is 0 Å². The van der Waals surface area contributed by atoms with Gasteiger partial charge in [0.05, 0.1) is 5.41 Å². The van der Waals surface area contributed by atoms with Gasteiger partial charge in [0.25, 0.3) is 0 Å². The summed E-state index contributed by atoms with van der Waals surface area (Å²) >= 11 is 0. The molecule has 56 heavy (non-hydrogen) atoms. The van der Waals surface area contributed by atoms with Crippen molar-refractivity contribution in [1.82, 2.24) is 15.0 Å². The minimum absolute atomic E-state index is 0.533. The zero-order valence-electron chi connectivity index (χ0n) is 30.6. The topological polar surface area (TPSA) is 51.8 Å². The lowest BCUT2D eigenvalue weighted by Gasteiger charge is -2.33. The molecule has 0 unspecified atom stereocenters. The minimum Gasteiger partial charge on any atom is -0.460 e. The first-order valence-corrected chi connectivity index (χ1v) is 19.2. The fourth-order valence-electron chi connectivity index (χ4n) is 8.97. The van der Waals surface area contributed by atoms with Gasteiger partial charge in [-0.25, -0.2) is 15.0 Å². The van der Waals surface area contributed by atoms with Gasteiger partial charge >= 0.3 is 0 Å². The maximum absolute atomic E-state index is 6.42. The maximum atomic E-state index is 6.42. The lowest BCUT2D eigenvalue weighted by molar-refractivity contribution is 0.546. The summed E-state index contributed by atoms with van der Waals surface area (Å²) in [6, 6.07) is 62.5. The number of fused-ring (bicyclic) bond motifs is 6. The molecule has 2 aliphatic rings. The molecular formula is C52H35N3O. The van der Waals surface area contributed by atoms with E-state index < -0.39 is 5.41 Å². The number of benzene rings is 7. The number of nitrogens with zero attached hydrogens (tertiary/aromatic N) is 3. The van der Waals surface area contributed by atoms with E-state index in [1.165, 1.54) is 38.9 Å². The first-order chi connectivity index (χ1) is 27.8. The Morgan fingerprint density at radius 3 is 1.79 bits per heavy atom. The van der Waals surface area contributed by atoms with Gasteiger partial charge in [0.15, 0.2) is 17.5 Å². The summed E-state index contributed by atoms with van der Waals surface area (Å²) in [7, 11) is 0. The van der Waals surface area contributed by atoms with Crippen molar-refractivity contribution in [3.63, 3.8) is 0 Å². The second-order valence-corrected chi connectivity index (χ2v) is 14.6. The Kier molecular flexibility index (Phi) is 7.49. The predicted molar refractivity (Wildman–Crippen MR) is 226 cm³/mol. The molecule has 0 bridgehead atoms. The monoisotopic (exact) mass is 717 g/mol. The molecule has 2 heterocycles. The van der Waals surface area contributed by atoms with Gasteiger partial charge in [0, 0.05) is 34.1 Å². The van der Waals surface area contributed by atoms with Crippen LogP contribution < -0.4 is 0 Å². The Morgan fingerprint density at radius 2 is 1.04 bits per heavy atom. The predicted octanol–water partition coefficient (Wildman–Crippen LogP) is 12.6. The zero-order chi connectivity index (χ0) is 37.1. The summed E-state index contributed by atoms with van der Waals surface area (Å²) in [5.41, 5.74) is 13.8. The van der Waals surface area contributed by atoms with E-state index in [1.807, 2.05) is 6.07 Å². The largest absolute Gasteiger partial charge is 0.460 e. The van der Waals surface area contributed by atoms with Gasteiger partial charge in [0.2, 0.25) is 0 Å². The molecule has 0 saturated heterocycles. The molecular weight excluding hydrogens is 683 g/mol. The van der Waals surface area contributed by atoms with Gasteiger partial charge in [-0.2, -0.15) is 0 Å². The standard InChI is InChI=1S/C52H35N3O/c1-4-15-34(16-5-1)35-27-29-36(30-28-35)49-53-50(37-31-32-41-40-21-11-13-26-46(40)56-47(41)33-37)55-51(54-49)43-23-14-25-45-48(43)42-22-10-12-24-44(42)52(45,38-17-6-2-7-18-38)39-19-8-3-9-20-39/h1-12,14-25,27-33H,13,26H2. The SMILES string of the molecule is C1=Cc2c(oc3cc(-c4nc(-c5ccc(-c6ccccc6)cc5)nc(-c5cccc6c5-c5ccccc5C6(c5ccccc5)c5ccccc5)n4)ccc23)CC1. The normalized spacial score (nSPS) is 13.6. The van der Waals surface area contributed by atoms with Crippen LogP contribution in [-0.2, 0) is 11.8 Å². The van der Waals surface area contributed by atoms with E-state index in [2.05, 4.69) is 182 Å². The minimum atomic E-state index is -0.533. The molecule has 2 aliphatic carbocycles. The maximum Gasteiger partial charge on any atom is 0.164 e. The van der Waals surface area contributed by atoms with Crippen LogP contribution in [0, 0.1) is 0 Å². The van der Waals surface area contributed by atoms with Gasteiger partial charge in [-0.05, 0) is 63.1 Å². The number of hydrogen-bond donors (Lipinski definition) is 0. The number of aromatic nitrogens is 3. The average molecular weight is 718 g/mol. The van der Waals surface area contributed by atoms with Gasteiger partial charge in [-0.15, -0.1) is 0 Å². The molecule has 4 heteroatoms. The molecule has 2 aromatic heterocycles. The second-order valence-electron chi connectivity index (χ2n) is 14.6. The van der Waals surface area contributed by atoms with Crippen LogP contribution >= 0.6 is 0 Å². The summed E-state index contributed by atoms with van der Waals surface area (Å²) in [6.07, 6.45) is 6.30. The molecule has 4 nitrogen and oxygen atoms in total. The molecule has 9 aromatic rings. The molecule has 0 fully saturated rings. The molecule has 7 aromatic carbocycles. The van der Waals surface area contributed by atoms with E-state index in [0.717, 1.165) is 57.4 Å². The summed E-state index contributed by atoms with van der Waals surface area (Å²) < 4.78 is 6.42. The number of allylic oxidation sites excluding steroid dienone is 1. The van der Waals surface area contributed by atoms with Crippen LogP contribution in [0.4, 0.5) is 0 Å². The number of rotatable bonds is 6. The van der Waals surface area contributed by atoms with Crippen LogP contribution in [0.25, 0.3) is 73.5 Å². The Morgan fingerprint density at radius 1 is 0.464 bits per heavy atom. The van der Waals surface area contributed by atoms with Crippen LogP contribution in [-0.4, -0.2) is 15.0 Å². The van der Waals surface area contributed by atoms with Crippen molar-refractivity contribution in [3.8, 4) is 56.4 Å². The summed E-state index contributed by atoms with van der Waals surface area (Å²) in [6.45, 7) is 0. The van der Waals surface area contributed by atoms with Crippen molar-refractivity contribution < 1.29 is 4.42 Å². The quantitative estimate of drug-likeness (QED) is 0.172. The van der Waals surface area contributed by atoms with E-state index >= 15 is 0 Å². The average Bonchev–Trinajstić information content (AvgIpc) is 3.81. The highest BCUT2D eigenvalue weighted by Gasteiger charge is 2.47. The lowest BCUT2D eigenvalue weighted by Crippen LogP contribution is -2.28. The summed E-state index contributed by atoms with van der Waals surface area (Å²) in [5.74, 6) is 2.88. The fraction of sp³-hybridized carbons (Fsp3) is 0.0577. The lowest BCUT2D eigenvalue weighted by atomic mass is 9.67. The molecule has 264 valence electrons. The van der Waals surface area contributed by atoms with Crippen LogP contribution in [0.5, 0.6) is 0 Å². The zero-order valence-corrected chi connectivity index (χ0v) is 30.6. The van der Waals surface area contributed by atoms with E-state index in [0.29, 0.717) is 17.5 Å². The molecule has 0 N–H and O–H groups in total. The molecule has 0 amide bonds. The third kappa shape index (κ3) is 5.03. The molecule has 0 radical (unpaired) electrons. The van der Waals surface area contributed by atoms with Crippen LogP contribution in [0.2, 0.25) is 0 Å². The van der Waals surface area contributed by atoms with Crippen LogP contribution in [0.1, 0.15) is 40.0 Å². The van der Waals surface area contributed by atoms with E-state index in [9.17, 15) is 0 Å². The number of furan rings is 1. The fourth-order valence-corrected chi connectivity index (χ4v) is 8.97. The molecule has 0 spiro atoms. The third-order valence-corrected chi connectivity index (χ3v) is 11.5. The van der Waals surface area contributed by atoms with Crippen molar-refractivity contribution in [2.24, 2.45) is 0 Å². The smallest absolute Gasteiger partial charge is 0.164 e. The number of aryl methyl sites for hydroxylation is 1. The van der Waals surface area contributed by atoms with Crippen molar-refractivity contribution in [2.75, 3.05) is 0 Å². The first-order valence-electron chi connectivity index (χ1n) is 19.2. The van der Waals surface area contributed by atoms with E-state index in [4.69, 9.17) is 19.4 Å². The van der Waals surface area contributed by atoms with Crippen molar-refractivity contribution in [3.05, 3.63) is 216 Å². The van der Waals surface area contributed by atoms with Crippen LogP contribution in [0.15, 0.2) is 186 Å². The Bertz CT molecular complexity index is 2910. The summed E-state index contributed by atoms with van der Waals surface area (Å²) in [4.78, 5) is 15.8. The van der Waals surface area contributed by atoms with E-state index in [1.54, 1.807) is 0 Å². The van der Waals surface area contributed by atoms with E-state index in [-0.39, 0.29) is 0 Å².